The standard InChI is InChI=1S/C27H24N4O3/c1-16-9-12-21-20(13-16)24-23(26(34-21)19-11-10-18(32-2)14-22(19)33-3)25(17-7-5-4-6-8-17)31-27(30-24)28-15-29-31/h4-15,25-26H,1-3H3,(H,28,29,30)/t25-,26-/m0/s1. The van der Waals surface area contributed by atoms with E-state index in [-0.39, 0.29) is 6.04 Å². The lowest BCUT2D eigenvalue weighted by atomic mass is 9.84. The van der Waals surface area contributed by atoms with Crippen molar-refractivity contribution in [2.45, 2.75) is 19.1 Å². The Hall–Kier alpha value is -4.26. The zero-order valence-corrected chi connectivity index (χ0v) is 19.1. The van der Waals surface area contributed by atoms with Crippen molar-refractivity contribution in [3.63, 3.8) is 0 Å². The van der Waals surface area contributed by atoms with Crippen LogP contribution in [0.4, 0.5) is 5.95 Å². The maximum absolute atomic E-state index is 6.72. The number of anilines is 1. The minimum absolute atomic E-state index is 0.208. The summed E-state index contributed by atoms with van der Waals surface area (Å²) < 4.78 is 19.9. The fourth-order valence-electron chi connectivity index (χ4n) is 4.83. The van der Waals surface area contributed by atoms with Gasteiger partial charge in [-0.3, -0.25) is 0 Å². The third kappa shape index (κ3) is 3.12. The van der Waals surface area contributed by atoms with Crippen LogP contribution in [0.3, 0.4) is 0 Å². The largest absolute Gasteiger partial charge is 0.497 e. The maximum Gasteiger partial charge on any atom is 0.226 e. The van der Waals surface area contributed by atoms with E-state index >= 15 is 0 Å². The molecule has 2 aliphatic rings. The number of hydrogen-bond donors (Lipinski definition) is 1. The Balaban J connectivity index is 1.64. The molecule has 6 rings (SSSR count). The number of benzene rings is 3. The highest BCUT2D eigenvalue weighted by molar-refractivity contribution is 5.85. The maximum atomic E-state index is 6.72. The lowest BCUT2D eigenvalue weighted by Crippen LogP contribution is -2.32. The molecule has 34 heavy (non-hydrogen) atoms. The van der Waals surface area contributed by atoms with Crippen LogP contribution in [-0.4, -0.2) is 29.0 Å². The molecule has 0 fully saturated rings. The molecule has 0 saturated carbocycles. The van der Waals surface area contributed by atoms with Crippen molar-refractivity contribution >= 4 is 11.6 Å². The summed E-state index contributed by atoms with van der Waals surface area (Å²) in [5, 5.41) is 8.12. The minimum atomic E-state index is -0.416. The van der Waals surface area contributed by atoms with E-state index in [0.29, 0.717) is 11.7 Å². The number of aryl methyl sites for hydroxylation is 1. The molecular formula is C27H24N4O3. The molecule has 170 valence electrons. The van der Waals surface area contributed by atoms with Crippen LogP contribution in [0.25, 0.3) is 5.70 Å². The number of methoxy groups -OCH3 is 2. The molecule has 0 amide bonds. The van der Waals surface area contributed by atoms with E-state index in [9.17, 15) is 0 Å². The van der Waals surface area contributed by atoms with Crippen molar-refractivity contribution < 1.29 is 14.2 Å². The fraction of sp³-hybridized carbons (Fsp3) is 0.185. The molecule has 0 bridgehead atoms. The topological polar surface area (TPSA) is 70.4 Å². The summed E-state index contributed by atoms with van der Waals surface area (Å²) in [6.07, 6.45) is 1.17. The van der Waals surface area contributed by atoms with Gasteiger partial charge in [0.05, 0.1) is 19.9 Å². The number of nitrogens with one attached hydrogen (secondary N) is 1. The van der Waals surface area contributed by atoms with Crippen molar-refractivity contribution in [2.75, 3.05) is 19.5 Å². The Morgan fingerprint density at radius 3 is 2.62 bits per heavy atom. The zero-order chi connectivity index (χ0) is 23.2. The predicted octanol–water partition coefficient (Wildman–Crippen LogP) is 5.16. The summed E-state index contributed by atoms with van der Waals surface area (Å²) >= 11 is 0. The van der Waals surface area contributed by atoms with Gasteiger partial charge in [-0.05, 0) is 36.8 Å². The second kappa shape index (κ2) is 7.95. The Kier molecular flexibility index (Phi) is 4.76. The lowest BCUT2D eigenvalue weighted by molar-refractivity contribution is 0.217. The van der Waals surface area contributed by atoms with E-state index < -0.39 is 6.10 Å². The van der Waals surface area contributed by atoms with Crippen LogP contribution in [0.5, 0.6) is 17.2 Å². The molecule has 0 saturated heterocycles. The van der Waals surface area contributed by atoms with Gasteiger partial charge in [-0.1, -0.05) is 42.0 Å². The molecule has 2 aliphatic heterocycles. The van der Waals surface area contributed by atoms with Crippen LogP contribution in [0.15, 0.2) is 78.6 Å². The van der Waals surface area contributed by atoms with Crippen LogP contribution in [0, 0.1) is 6.92 Å². The first-order chi connectivity index (χ1) is 16.7. The van der Waals surface area contributed by atoms with Crippen LogP contribution < -0.4 is 19.5 Å². The van der Waals surface area contributed by atoms with Gasteiger partial charge in [0.1, 0.15) is 29.6 Å². The number of nitrogens with zero attached hydrogens (tertiary/aromatic N) is 3. The summed E-state index contributed by atoms with van der Waals surface area (Å²) in [7, 11) is 3.31. The van der Waals surface area contributed by atoms with Gasteiger partial charge >= 0.3 is 0 Å². The lowest BCUT2D eigenvalue weighted by Gasteiger charge is -2.39. The molecule has 3 heterocycles. The molecule has 0 spiro atoms. The summed E-state index contributed by atoms with van der Waals surface area (Å²) in [6, 6.07) is 22.2. The Bertz CT molecular complexity index is 1410. The number of rotatable bonds is 4. The highest BCUT2D eigenvalue weighted by Crippen LogP contribution is 2.52. The first-order valence-corrected chi connectivity index (χ1v) is 11.1. The molecule has 3 aromatic carbocycles. The average molecular weight is 453 g/mol. The number of hydrogen-bond acceptors (Lipinski definition) is 6. The van der Waals surface area contributed by atoms with Crippen molar-refractivity contribution in [2.24, 2.45) is 0 Å². The average Bonchev–Trinajstić information content (AvgIpc) is 3.35. The van der Waals surface area contributed by atoms with Crippen molar-refractivity contribution in [1.29, 1.82) is 0 Å². The van der Waals surface area contributed by atoms with Crippen LogP contribution in [0.2, 0.25) is 0 Å². The molecule has 0 unspecified atom stereocenters. The van der Waals surface area contributed by atoms with Gasteiger partial charge in [-0.25, -0.2) is 4.68 Å². The van der Waals surface area contributed by atoms with Crippen LogP contribution >= 0.6 is 0 Å². The summed E-state index contributed by atoms with van der Waals surface area (Å²) in [4.78, 5) is 4.50. The predicted molar refractivity (Wildman–Crippen MR) is 129 cm³/mol. The molecule has 7 heteroatoms. The van der Waals surface area contributed by atoms with Crippen molar-refractivity contribution in [1.82, 2.24) is 14.8 Å². The van der Waals surface area contributed by atoms with Crippen LogP contribution in [-0.2, 0) is 0 Å². The summed E-state index contributed by atoms with van der Waals surface area (Å²) in [5.41, 5.74) is 6.20. The van der Waals surface area contributed by atoms with Crippen molar-refractivity contribution in [3.8, 4) is 17.2 Å². The number of fused-ring (bicyclic) bond motifs is 3. The van der Waals surface area contributed by atoms with Gasteiger partial charge in [-0.15, -0.1) is 0 Å². The molecule has 1 N–H and O–H groups in total. The third-order valence-corrected chi connectivity index (χ3v) is 6.41. The first-order valence-electron chi connectivity index (χ1n) is 11.1. The molecule has 0 aliphatic carbocycles. The third-order valence-electron chi connectivity index (χ3n) is 6.41. The molecule has 1 aromatic heterocycles. The minimum Gasteiger partial charge on any atom is -0.497 e. The van der Waals surface area contributed by atoms with Gasteiger partial charge in [0.2, 0.25) is 5.95 Å². The highest BCUT2D eigenvalue weighted by atomic mass is 16.5. The monoisotopic (exact) mass is 452 g/mol. The van der Waals surface area contributed by atoms with Gasteiger partial charge in [-0.2, -0.15) is 10.1 Å². The van der Waals surface area contributed by atoms with Crippen molar-refractivity contribution in [3.05, 3.63) is 101 Å². The van der Waals surface area contributed by atoms with Gasteiger partial charge in [0, 0.05) is 22.8 Å². The fourth-order valence-corrected chi connectivity index (χ4v) is 4.83. The molecule has 0 radical (unpaired) electrons. The second-order valence-corrected chi connectivity index (χ2v) is 8.40. The van der Waals surface area contributed by atoms with E-state index in [1.54, 1.807) is 20.5 Å². The zero-order valence-electron chi connectivity index (χ0n) is 19.1. The summed E-state index contributed by atoms with van der Waals surface area (Å²) in [5.74, 6) is 2.92. The van der Waals surface area contributed by atoms with E-state index in [2.05, 4.69) is 46.6 Å². The van der Waals surface area contributed by atoms with Crippen LogP contribution in [0.1, 0.15) is 34.4 Å². The number of aromatic nitrogens is 3. The Labute approximate surface area is 197 Å². The quantitative estimate of drug-likeness (QED) is 0.461. The summed E-state index contributed by atoms with van der Waals surface area (Å²) in [6.45, 7) is 2.08. The van der Waals surface area contributed by atoms with Gasteiger partial charge in [0.25, 0.3) is 0 Å². The second-order valence-electron chi connectivity index (χ2n) is 8.40. The highest BCUT2D eigenvalue weighted by Gasteiger charge is 2.41. The normalized spacial score (nSPS) is 18.2. The SMILES string of the molecule is COc1ccc([C@@H]2Oc3ccc(C)cc3C3=C2[C@H](c2ccccc2)n2ncnc2N3)c(OC)c1. The molecule has 4 aromatic rings. The Morgan fingerprint density at radius 2 is 1.82 bits per heavy atom. The van der Waals surface area contributed by atoms with E-state index in [4.69, 9.17) is 14.2 Å². The van der Waals surface area contributed by atoms with E-state index in [0.717, 1.165) is 45.0 Å². The molecular weight excluding hydrogens is 428 g/mol. The molecule has 2 atom stereocenters. The number of ether oxygens (including phenoxy) is 3. The first kappa shape index (κ1) is 20.4. The smallest absolute Gasteiger partial charge is 0.226 e. The Morgan fingerprint density at radius 1 is 0.971 bits per heavy atom. The van der Waals surface area contributed by atoms with E-state index in [1.165, 1.54) is 0 Å². The molecule has 7 nitrogen and oxygen atoms in total. The van der Waals surface area contributed by atoms with Gasteiger partial charge < -0.3 is 19.5 Å². The van der Waals surface area contributed by atoms with Gasteiger partial charge in [0.15, 0.2) is 6.10 Å². The van der Waals surface area contributed by atoms with E-state index in [1.807, 2.05) is 47.1 Å².